The van der Waals surface area contributed by atoms with Gasteiger partial charge in [0.25, 0.3) is 0 Å². The van der Waals surface area contributed by atoms with Crippen LogP contribution in [0.2, 0.25) is 0 Å². The number of alkyl halides is 3. The van der Waals surface area contributed by atoms with E-state index in [1.165, 1.54) is 12.1 Å². The minimum atomic E-state index is -4.42. The molecular weight excluding hydrogens is 279 g/mol. The number of aromatic amines is 1. The molecule has 0 bridgehead atoms. The van der Waals surface area contributed by atoms with E-state index in [4.69, 9.17) is 0 Å². The number of rotatable bonds is 2. The third kappa shape index (κ3) is 2.52. The normalized spacial score (nSPS) is 13.5. The van der Waals surface area contributed by atoms with Crippen molar-refractivity contribution in [2.45, 2.75) is 12.3 Å². The molecule has 1 unspecified atom stereocenters. The second kappa shape index (κ2) is 4.93. The molecule has 0 radical (unpaired) electrons. The van der Waals surface area contributed by atoms with Crippen LogP contribution in [0.15, 0.2) is 54.7 Å². The lowest BCUT2D eigenvalue weighted by Crippen LogP contribution is -2.07. The lowest BCUT2D eigenvalue weighted by molar-refractivity contribution is -0.137. The molecule has 2 N–H and O–H groups in total. The summed E-state index contributed by atoms with van der Waals surface area (Å²) < 4.78 is 38.3. The van der Waals surface area contributed by atoms with Crippen molar-refractivity contribution in [2.24, 2.45) is 0 Å². The number of aliphatic hydroxyl groups excluding tert-OH is 1. The molecule has 0 aliphatic heterocycles. The molecule has 1 heterocycles. The van der Waals surface area contributed by atoms with Crippen LogP contribution in [0, 0.1) is 0 Å². The largest absolute Gasteiger partial charge is 0.416 e. The predicted molar refractivity (Wildman–Crippen MR) is 73.8 cm³/mol. The monoisotopic (exact) mass is 291 g/mol. The highest BCUT2D eigenvalue weighted by atomic mass is 19.4. The molecule has 108 valence electrons. The summed E-state index contributed by atoms with van der Waals surface area (Å²) in [4.78, 5) is 3.01. The summed E-state index contributed by atoms with van der Waals surface area (Å²) in [7, 11) is 0. The quantitative estimate of drug-likeness (QED) is 0.727. The van der Waals surface area contributed by atoms with E-state index in [9.17, 15) is 18.3 Å². The molecule has 0 saturated heterocycles. The molecule has 21 heavy (non-hydrogen) atoms. The molecule has 2 nitrogen and oxygen atoms in total. The minimum absolute atomic E-state index is 0.221. The summed E-state index contributed by atoms with van der Waals surface area (Å²) in [5.74, 6) is 0. The fourth-order valence-electron chi connectivity index (χ4n) is 2.41. The van der Waals surface area contributed by atoms with Crippen LogP contribution < -0.4 is 0 Å². The molecule has 0 aliphatic rings. The first-order chi connectivity index (χ1) is 9.97. The van der Waals surface area contributed by atoms with Gasteiger partial charge in [0.2, 0.25) is 0 Å². The van der Waals surface area contributed by atoms with E-state index in [2.05, 4.69) is 4.98 Å². The molecule has 0 aliphatic carbocycles. The number of nitrogens with one attached hydrogen (secondary N) is 1. The lowest BCUT2D eigenvalue weighted by Gasteiger charge is -2.15. The number of aliphatic hydroxyl groups is 1. The van der Waals surface area contributed by atoms with Crippen molar-refractivity contribution in [1.29, 1.82) is 0 Å². The van der Waals surface area contributed by atoms with Crippen molar-refractivity contribution >= 4 is 10.9 Å². The van der Waals surface area contributed by atoms with E-state index >= 15 is 0 Å². The average molecular weight is 291 g/mol. The fraction of sp³-hybridized carbons (Fsp3) is 0.125. The Balaban J connectivity index is 2.06. The van der Waals surface area contributed by atoms with Gasteiger partial charge in [-0.3, -0.25) is 0 Å². The number of aromatic nitrogens is 1. The molecule has 3 aromatic rings. The minimum Gasteiger partial charge on any atom is -0.384 e. The van der Waals surface area contributed by atoms with E-state index in [1.807, 2.05) is 6.07 Å². The molecular formula is C16H12F3NO. The Kier molecular flexibility index (Phi) is 3.22. The van der Waals surface area contributed by atoms with Crippen LogP contribution in [0.3, 0.4) is 0 Å². The number of H-pyrrole nitrogens is 1. The second-order valence-corrected chi connectivity index (χ2v) is 4.81. The zero-order valence-electron chi connectivity index (χ0n) is 10.9. The van der Waals surface area contributed by atoms with Gasteiger partial charge in [0.05, 0.1) is 5.56 Å². The van der Waals surface area contributed by atoms with Crippen molar-refractivity contribution in [3.05, 3.63) is 71.4 Å². The van der Waals surface area contributed by atoms with Gasteiger partial charge in [-0.1, -0.05) is 24.3 Å². The van der Waals surface area contributed by atoms with E-state index in [-0.39, 0.29) is 5.56 Å². The van der Waals surface area contributed by atoms with Crippen molar-refractivity contribution in [3.8, 4) is 0 Å². The van der Waals surface area contributed by atoms with Gasteiger partial charge in [-0.05, 0) is 35.4 Å². The van der Waals surface area contributed by atoms with E-state index in [0.717, 1.165) is 23.0 Å². The number of fused-ring (bicyclic) bond motifs is 1. The summed E-state index contributed by atoms with van der Waals surface area (Å²) in [6, 6.07) is 11.9. The van der Waals surface area contributed by atoms with Crippen molar-refractivity contribution in [2.75, 3.05) is 0 Å². The Morgan fingerprint density at radius 1 is 1.00 bits per heavy atom. The first-order valence-electron chi connectivity index (χ1n) is 6.38. The summed E-state index contributed by atoms with van der Waals surface area (Å²) >= 11 is 0. The Hall–Kier alpha value is -2.27. The summed E-state index contributed by atoms with van der Waals surface area (Å²) in [6.07, 6.45) is -3.80. The van der Waals surface area contributed by atoms with Crippen LogP contribution in [-0.2, 0) is 6.18 Å². The number of halogens is 3. The van der Waals surface area contributed by atoms with Gasteiger partial charge in [-0.15, -0.1) is 0 Å². The third-order valence-electron chi connectivity index (χ3n) is 3.45. The summed E-state index contributed by atoms with van der Waals surface area (Å²) in [5.41, 5.74) is 0.866. The molecule has 0 amide bonds. The molecule has 2 aromatic carbocycles. The van der Waals surface area contributed by atoms with E-state index < -0.39 is 17.8 Å². The van der Waals surface area contributed by atoms with Crippen LogP contribution >= 0.6 is 0 Å². The maximum atomic E-state index is 12.8. The van der Waals surface area contributed by atoms with Crippen LogP contribution in [0.25, 0.3) is 10.9 Å². The van der Waals surface area contributed by atoms with E-state index in [0.29, 0.717) is 5.56 Å². The van der Waals surface area contributed by atoms with Gasteiger partial charge >= 0.3 is 6.18 Å². The first kappa shape index (κ1) is 13.7. The molecule has 0 fully saturated rings. The first-order valence-corrected chi connectivity index (χ1v) is 6.38. The summed E-state index contributed by atoms with van der Waals surface area (Å²) in [6.45, 7) is 0. The van der Waals surface area contributed by atoms with Gasteiger partial charge in [0, 0.05) is 17.1 Å². The van der Waals surface area contributed by atoms with Gasteiger partial charge in [-0.25, -0.2) is 0 Å². The topological polar surface area (TPSA) is 36.0 Å². The molecule has 0 saturated carbocycles. The highest BCUT2D eigenvalue weighted by molar-refractivity contribution is 5.83. The van der Waals surface area contributed by atoms with Gasteiger partial charge in [-0.2, -0.15) is 13.2 Å². The van der Waals surface area contributed by atoms with Crippen molar-refractivity contribution in [3.63, 3.8) is 0 Å². The Morgan fingerprint density at radius 2 is 1.76 bits per heavy atom. The van der Waals surface area contributed by atoms with Gasteiger partial charge < -0.3 is 10.1 Å². The Bertz CT molecular complexity index is 776. The average Bonchev–Trinajstić information content (AvgIpc) is 2.94. The van der Waals surface area contributed by atoms with Crippen LogP contribution in [-0.4, -0.2) is 10.1 Å². The van der Waals surface area contributed by atoms with Crippen LogP contribution in [0.1, 0.15) is 22.8 Å². The van der Waals surface area contributed by atoms with E-state index in [1.54, 1.807) is 24.4 Å². The maximum absolute atomic E-state index is 12.8. The van der Waals surface area contributed by atoms with Gasteiger partial charge in [0.15, 0.2) is 0 Å². The number of hydrogen-bond donors (Lipinski definition) is 2. The second-order valence-electron chi connectivity index (χ2n) is 4.81. The smallest absolute Gasteiger partial charge is 0.384 e. The molecule has 1 aromatic heterocycles. The fourth-order valence-corrected chi connectivity index (χ4v) is 2.41. The Morgan fingerprint density at radius 3 is 2.52 bits per heavy atom. The molecule has 5 heteroatoms. The molecule has 1 atom stereocenters. The standard InChI is InChI=1S/C16H12F3NO/c17-16(18,19)11-4-1-3-10(9-11)15(21)13-5-2-6-14-12(13)7-8-20-14/h1-9,15,20-21H. The summed E-state index contributed by atoms with van der Waals surface area (Å²) in [5, 5.41) is 11.2. The van der Waals surface area contributed by atoms with Crippen LogP contribution in [0.4, 0.5) is 13.2 Å². The highest BCUT2D eigenvalue weighted by Gasteiger charge is 2.31. The van der Waals surface area contributed by atoms with Crippen LogP contribution in [0.5, 0.6) is 0 Å². The predicted octanol–water partition coefficient (Wildman–Crippen LogP) is 4.27. The SMILES string of the molecule is OC(c1cccc(C(F)(F)F)c1)c1cccc2[nH]ccc12. The third-order valence-corrected chi connectivity index (χ3v) is 3.45. The van der Waals surface area contributed by atoms with Crippen molar-refractivity contribution < 1.29 is 18.3 Å². The lowest BCUT2D eigenvalue weighted by atomic mass is 9.97. The Labute approximate surface area is 118 Å². The number of hydrogen-bond acceptors (Lipinski definition) is 1. The molecule has 3 rings (SSSR count). The highest BCUT2D eigenvalue weighted by Crippen LogP contribution is 2.33. The zero-order chi connectivity index (χ0) is 15.0. The van der Waals surface area contributed by atoms with Gasteiger partial charge in [0.1, 0.15) is 6.10 Å². The number of benzene rings is 2. The molecule has 0 spiro atoms. The zero-order valence-corrected chi connectivity index (χ0v) is 10.9. The maximum Gasteiger partial charge on any atom is 0.416 e. The van der Waals surface area contributed by atoms with Crippen molar-refractivity contribution in [1.82, 2.24) is 4.98 Å².